The Morgan fingerprint density at radius 1 is 1.24 bits per heavy atom. The van der Waals surface area contributed by atoms with Crippen LogP contribution in [-0.2, 0) is 0 Å². The molecule has 0 saturated carbocycles. The van der Waals surface area contributed by atoms with E-state index in [4.69, 9.17) is 0 Å². The monoisotopic (exact) mass is 298 g/mol. The number of hydrogen-bond acceptors (Lipinski definition) is 3. The predicted molar refractivity (Wildman–Crippen MR) is 88.1 cm³/mol. The van der Waals surface area contributed by atoms with Crippen LogP contribution in [0.1, 0.15) is 18.0 Å². The highest BCUT2D eigenvalue weighted by Crippen LogP contribution is 2.27. The Balaban J connectivity index is 1.98. The molecule has 0 fully saturated rings. The van der Waals surface area contributed by atoms with Crippen molar-refractivity contribution in [3.05, 3.63) is 48.0 Å². The molecule has 2 aromatic rings. The van der Waals surface area contributed by atoms with Gasteiger partial charge in [0, 0.05) is 12.2 Å². The van der Waals surface area contributed by atoms with E-state index in [2.05, 4.69) is 40.5 Å². The fourth-order valence-corrected chi connectivity index (χ4v) is 3.29. The number of thioether (sulfide) groups is 1. The summed E-state index contributed by atoms with van der Waals surface area (Å²) in [5.74, 6) is 3.54. The van der Waals surface area contributed by atoms with Crippen molar-refractivity contribution in [3.63, 3.8) is 0 Å². The second kappa shape index (κ2) is 6.64. The summed E-state index contributed by atoms with van der Waals surface area (Å²) in [7, 11) is 0. The molecule has 1 atom stereocenters. The Hall–Kier alpha value is -1.99. The first-order chi connectivity index (χ1) is 10.4. The van der Waals surface area contributed by atoms with Crippen molar-refractivity contribution in [2.45, 2.75) is 12.5 Å². The summed E-state index contributed by atoms with van der Waals surface area (Å²) in [6.45, 7) is 0.837. The van der Waals surface area contributed by atoms with E-state index < -0.39 is 0 Å². The minimum Gasteiger partial charge on any atom is -0.357 e. The van der Waals surface area contributed by atoms with E-state index in [1.54, 1.807) is 11.8 Å². The van der Waals surface area contributed by atoms with Gasteiger partial charge in [0.25, 0.3) is 0 Å². The Labute approximate surface area is 127 Å². The number of aliphatic imine (C=N–C) groups is 1. The van der Waals surface area contributed by atoms with Gasteiger partial charge in [0.15, 0.2) is 5.17 Å². The van der Waals surface area contributed by atoms with Gasteiger partial charge in [0.05, 0.1) is 12.6 Å². The topological polar surface area (TPSA) is 24.4 Å². The van der Waals surface area contributed by atoms with Crippen molar-refractivity contribution in [1.29, 1.82) is 0 Å². The minimum atomic E-state index is -0.0521. The molecule has 0 spiro atoms. The molecule has 3 rings (SSSR count). The summed E-state index contributed by atoms with van der Waals surface area (Å²) in [5.41, 5.74) is 1.13. The molecular weight excluding hydrogens is 283 g/mol. The molecule has 1 aliphatic rings. The lowest BCUT2D eigenvalue weighted by Crippen LogP contribution is -2.25. The third kappa shape index (κ3) is 3.20. The van der Waals surface area contributed by atoms with E-state index in [1.807, 2.05) is 18.2 Å². The zero-order valence-electron chi connectivity index (χ0n) is 11.5. The van der Waals surface area contributed by atoms with Gasteiger partial charge in [0.2, 0.25) is 0 Å². The summed E-state index contributed by atoms with van der Waals surface area (Å²) in [5, 5.41) is 6.67. The first kappa shape index (κ1) is 14.0. The fourth-order valence-electron chi connectivity index (χ4n) is 2.51. The van der Waals surface area contributed by atoms with E-state index in [0.29, 0.717) is 6.42 Å². The number of nitrogens with zero attached hydrogens (tertiary/aromatic N) is 1. The van der Waals surface area contributed by atoms with Crippen LogP contribution in [0.15, 0.2) is 47.5 Å². The highest BCUT2D eigenvalue weighted by atomic mass is 32.2. The van der Waals surface area contributed by atoms with Crippen LogP contribution in [-0.4, -0.2) is 17.5 Å². The maximum atomic E-state index is 12.3. The molecule has 1 aliphatic heterocycles. The molecule has 0 amide bonds. The van der Waals surface area contributed by atoms with Crippen molar-refractivity contribution >= 4 is 27.7 Å². The van der Waals surface area contributed by atoms with Gasteiger partial charge < -0.3 is 5.32 Å². The van der Waals surface area contributed by atoms with Crippen LogP contribution in [0, 0.1) is 12.1 Å². The molecule has 0 aromatic heterocycles. The van der Waals surface area contributed by atoms with E-state index in [1.165, 1.54) is 16.9 Å². The lowest BCUT2D eigenvalue weighted by atomic mass is 9.97. The van der Waals surface area contributed by atoms with Gasteiger partial charge in [-0.25, -0.2) is 0 Å². The number of rotatable bonds is 3. The van der Waals surface area contributed by atoms with Gasteiger partial charge in [-0.3, -0.25) is 4.99 Å². The SMILES string of the molecule is FC#CCC(NC1=NCCS1)c1cccc2ccccc12. The number of amidine groups is 1. The summed E-state index contributed by atoms with van der Waals surface area (Å²) in [6, 6.07) is 14.3. The molecule has 2 nitrogen and oxygen atoms in total. The molecule has 1 N–H and O–H groups in total. The number of nitrogens with one attached hydrogen (secondary N) is 1. The normalized spacial score (nSPS) is 15.2. The van der Waals surface area contributed by atoms with Crippen molar-refractivity contribution in [3.8, 4) is 12.1 Å². The maximum absolute atomic E-state index is 12.3. The van der Waals surface area contributed by atoms with Gasteiger partial charge in [-0.1, -0.05) is 60.1 Å². The Morgan fingerprint density at radius 2 is 2.10 bits per heavy atom. The molecule has 0 aliphatic carbocycles. The lowest BCUT2D eigenvalue weighted by molar-refractivity contribution is 0.673. The summed E-state index contributed by atoms with van der Waals surface area (Å²) < 4.78 is 12.3. The Kier molecular flexibility index (Phi) is 4.42. The van der Waals surface area contributed by atoms with Gasteiger partial charge in [-0.05, 0) is 16.3 Å². The van der Waals surface area contributed by atoms with Gasteiger partial charge in [-0.15, -0.1) is 4.39 Å². The fraction of sp³-hybridized carbons (Fsp3) is 0.235. The summed E-state index contributed by atoms with van der Waals surface area (Å²) in [4.78, 5) is 4.42. The van der Waals surface area contributed by atoms with Gasteiger partial charge in [-0.2, -0.15) is 0 Å². The Morgan fingerprint density at radius 3 is 2.90 bits per heavy atom. The second-order valence-corrected chi connectivity index (χ2v) is 5.86. The molecule has 0 radical (unpaired) electrons. The third-order valence-corrected chi connectivity index (χ3v) is 4.36. The van der Waals surface area contributed by atoms with Crippen LogP contribution in [0.2, 0.25) is 0 Å². The number of halogens is 1. The lowest BCUT2D eigenvalue weighted by Gasteiger charge is -2.19. The number of fused-ring (bicyclic) bond motifs is 1. The van der Waals surface area contributed by atoms with E-state index in [-0.39, 0.29) is 6.04 Å². The highest BCUT2D eigenvalue weighted by Gasteiger charge is 2.17. The molecule has 0 saturated heterocycles. The molecule has 4 heteroatoms. The van der Waals surface area contributed by atoms with E-state index in [0.717, 1.165) is 23.0 Å². The standard InChI is InChI=1S/C17H15FN2S/c18-10-4-9-16(20-17-19-11-12-21-17)15-8-3-6-13-5-1-2-7-14(13)15/h1-3,5-8,16H,9,11-12H2,(H,19,20). The Bertz CT molecular complexity index is 725. The molecule has 1 unspecified atom stereocenters. The number of benzene rings is 2. The molecule has 2 aromatic carbocycles. The van der Waals surface area contributed by atoms with Crippen molar-refractivity contribution in [2.75, 3.05) is 12.3 Å². The molecular formula is C17H15FN2S. The quantitative estimate of drug-likeness (QED) is 0.869. The zero-order valence-corrected chi connectivity index (χ0v) is 12.3. The first-order valence-corrected chi connectivity index (χ1v) is 7.87. The van der Waals surface area contributed by atoms with Crippen LogP contribution >= 0.6 is 11.8 Å². The average molecular weight is 298 g/mol. The number of hydrogen-bond donors (Lipinski definition) is 1. The maximum Gasteiger partial charge on any atom is 0.157 e. The van der Waals surface area contributed by atoms with Gasteiger partial charge in [0.1, 0.15) is 6.17 Å². The highest BCUT2D eigenvalue weighted by molar-refractivity contribution is 8.14. The van der Waals surface area contributed by atoms with Crippen LogP contribution in [0.3, 0.4) is 0 Å². The van der Waals surface area contributed by atoms with E-state index >= 15 is 0 Å². The third-order valence-electron chi connectivity index (χ3n) is 3.45. The molecule has 0 bridgehead atoms. The molecule has 21 heavy (non-hydrogen) atoms. The average Bonchev–Trinajstić information content (AvgIpc) is 3.04. The van der Waals surface area contributed by atoms with Crippen LogP contribution in [0.25, 0.3) is 10.8 Å². The summed E-state index contributed by atoms with van der Waals surface area (Å²) >= 11 is 1.70. The molecule has 1 heterocycles. The van der Waals surface area contributed by atoms with Crippen LogP contribution in [0.5, 0.6) is 0 Å². The first-order valence-electron chi connectivity index (χ1n) is 6.88. The van der Waals surface area contributed by atoms with Crippen molar-refractivity contribution in [2.24, 2.45) is 4.99 Å². The van der Waals surface area contributed by atoms with Gasteiger partial charge >= 0.3 is 0 Å². The van der Waals surface area contributed by atoms with Crippen LogP contribution in [0.4, 0.5) is 4.39 Å². The smallest absolute Gasteiger partial charge is 0.157 e. The zero-order chi connectivity index (χ0) is 14.5. The largest absolute Gasteiger partial charge is 0.357 e. The second-order valence-electron chi connectivity index (χ2n) is 4.78. The van der Waals surface area contributed by atoms with Crippen molar-refractivity contribution < 1.29 is 4.39 Å². The van der Waals surface area contributed by atoms with E-state index in [9.17, 15) is 4.39 Å². The van der Waals surface area contributed by atoms with Crippen LogP contribution < -0.4 is 5.32 Å². The predicted octanol–water partition coefficient (Wildman–Crippen LogP) is 3.89. The van der Waals surface area contributed by atoms with Crippen molar-refractivity contribution in [1.82, 2.24) is 5.32 Å². The molecule has 106 valence electrons. The minimum absolute atomic E-state index is 0.0521. The summed E-state index contributed by atoms with van der Waals surface area (Å²) in [6.07, 6.45) is 1.92.